The van der Waals surface area contributed by atoms with Crippen LogP contribution in [0, 0.1) is 0 Å². The molecule has 0 bridgehead atoms. The van der Waals surface area contributed by atoms with E-state index < -0.39 is 11.8 Å². The molecule has 30 heavy (non-hydrogen) atoms. The standard InChI is InChI=1S/C23H14Cl2N2O2S/c24-16-8-10-18(11-9-16)27-22(29)20(21(28)26-23(27)30)13-15-4-1-2-7-19(15)14-5-3-6-17(25)12-14/h1-13H,(H,26,28,30). The third-order valence-electron chi connectivity index (χ3n) is 4.58. The number of rotatable bonds is 3. The first-order valence-electron chi connectivity index (χ1n) is 8.96. The van der Waals surface area contributed by atoms with Crippen LogP contribution in [0.3, 0.4) is 0 Å². The average Bonchev–Trinajstić information content (AvgIpc) is 2.72. The van der Waals surface area contributed by atoms with Crippen LogP contribution in [0.2, 0.25) is 10.0 Å². The van der Waals surface area contributed by atoms with Crippen molar-refractivity contribution in [3.63, 3.8) is 0 Å². The molecule has 0 unspecified atom stereocenters. The Morgan fingerprint density at radius 1 is 0.867 bits per heavy atom. The molecule has 0 atom stereocenters. The molecule has 1 saturated heterocycles. The highest BCUT2D eigenvalue weighted by Gasteiger charge is 2.34. The Kier molecular flexibility index (Phi) is 5.68. The monoisotopic (exact) mass is 452 g/mol. The molecule has 2 amide bonds. The minimum atomic E-state index is -0.545. The van der Waals surface area contributed by atoms with E-state index in [1.165, 1.54) is 4.90 Å². The topological polar surface area (TPSA) is 49.4 Å². The SMILES string of the molecule is O=C1NC(=S)N(c2ccc(Cl)cc2)C(=O)C1=Cc1ccccc1-c1cccc(Cl)c1. The van der Waals surface area contributed by atoms with E-state index in [0.717, 1.165) is 11.1 Å². The summed E-state index contributed by atoms with van der Waals surface area (Å²) in [4.78, 5) is 27.1. The first-order chi connectivity index (χ1) is 14.4. The zero-order chi connectivity index (χ0) is 21.3. The van der Waals surface area contributed by atoms with Crippen molar-refractivity contribution in [3.8, 4) is 11.1 Å². The number of thiocarbonyl (C=S) groups is 1. The fourth-order valence-electron chi connectivity index (χ4n) is 3.18. The molecule has 1 N–H and O–H groups in total. The number of anilines is 1. The maximum absolute atomic E-state index is 13.2. The molecular weight excluding hydrogens is 439 g/mol. The highest BCUT2D eigenvalue weighted by molar-refractivity contribution is 7.80. The van der Waals surface area contributed by atoms with Crippen LogP contribution in [0.15, 0.2) is 78.4 Å². The largest absolute Gasteiger partial charge is 0.298 e. The van der Waals surface area contributed by atoms with Crippen molar-refractivity contribution >= 4 is 64.1 Å². The van der Waals surface area contributed by atoms with Gasteiger partial charge >= 0.3 is 0 Å². The fraction of sp³-hybridized carbons (Fsp3) is 0. The Morgan fingerprint density at radius 2 is 1.60 bits per heavy atom. The molecule has 0 spiro atoms. The number of amides is 2. The molecule has 3 aromatic rings. The molecule has 1 fully saturated rings. The average molecular weight is 453 g/mol. The summed E-state index contributed by atoms with van der Waals surface area (Å²) in [5, 5.41) is 3.74. The van der Waals surface area contributed by atoms with Crippen LogP contribution in [0.25, 0.3) is 17.2 Å². The lowest BCUT2D eigenvalue weighted by Gasteiger charge is -2.29. The third kappa shape index (κ3) is 4.00. The number of carbonyl (C=O) groups is 2. The van der Waals surface area contributed by atoms with Gasteiger partial charge in [0.1, 0.15) is 5.57 Å². The van der Waals surface area contributed by atoms with Gasteiger partial charge in [-0.15, -0.1) is 0 Å². The van der Waals surface area contributed by atoms with Crippen LogP contribution in [-0.2, 0) is 9.59 Å². The normalized spacial score (nSPS) is 15.5. The summed E-state index contributed by atoms with van der Waals surface area (Å²) in [7, 11) is 0. The Balaban J connectivity index is 1.78. The lowest BCUT2D eigenvalue weighted by atomic mass is 9.97. The molecule has 1 heterocycles. The van der Waals surface area contributed by atoms with Crippen molar-refractivity contribution in [2.45, 2.75) is 0 Å². The summed E-state index contributed by atoms with van der Waals surface area (Å²) in [6, 6.07) is 21.5. The Hall–Kier alpha value is -2.99. The summed E-state index contributed by atoms with van der Waals surface area (Å²) in [6.45, 7) is 0. The third-order valence-corrected chi connectivity index (χ3v) is 5.35. The summed E-state index contributed by atoms with van der Waals surface area (Å²) in [5.41, 5.74) is 2.93. The van der Waals surface area contributed by atoms with E-state index in [4.69, 9.17) is 35.4 Å². The van der Waals surface area contributed by atoms with Gasteiger partial charge in [0.25, 0.3) is 11.8 Å². The molecule has 0 aromatic heterocycles. The number of hydrogen-bond acceptors (Lipinski definition) is 3. The van der Waals surface area contributed by atoms with Gasteiger partial charge in [0.2, 0.25) is 0 Å². The maximum Gasteiger partial charge on any atom is 0.270 e. The van der Waals surface area contributed by atoms with Crippen LogP contribution in [0.5, 0.6) is 0 Å². The second-order valence-corrected chi connectivity index (χ2v) is 7.79. The number of halogens is 2. The fourth-order valence-corrected chi connectivity index (χ4v) is 3.78. The van der Waals surface area contributed by atoms with Gasteiger partial charge in [-0.1, -0.05) is 59.6 Å². The number of nitrogens with one attached hydrogen (secondary N) is 1. The van der Waals surface area contributed by atoms with Gasteiger partial charge in [-0.05, 0) is 71.4 Å². The lowest BCUT2D eigenvalue weighted by molar-refractivity contribution is -0.122. The Labute approximate surface area is 188 Å². The molecule has 4 nitrogen and oxygen atoms in total. The van der Waals surface area contributed by atoms with Crippen molar-refractivity contribution < 1.29 is 9.59 Å². The molecule has 4 rings (SSSR count). The lowest BCUT2D eigenvalue weighted by Crippen LogP contribution is -2.54. The smallest absolute Gasteiger partial charge is 0.270 e. The zero-order valence-corrected chi connectivity index (χ0v) is 17.8. The number of nitrogens with zero attached hydrogens (tertiary/aromatic N) is 1. The van der Waals surface area contributed by atoms with Gasteiger partial charge in [-0.25, -0.2) is 0 Å². The van der Waals surface area contributed by atoms with Crippen LogP contribution in [0.1, 0.15) is 5.56 Å². The van der Waals surface area contributed by atoms with Crippen molar-refractivity contribution in [1.82, 2.24) is 5.32 Å². The molecule has 0 saturated carbocycles. The zero-order valence-electron chi connectivity index (χ0n) is 15.4. The summed E-state index contributed by atoms with van der Waals surface area (Å²) in [5.74, 6) is -1.05. The van der Waals surface area contributed by atoms with Gasteiger partial charge in [-0.3, -0.25) is 19.8 Å². The minimum Gasteiger partial charge on any atom is -0.298 e. The van der Waals surface area contributed by atoms with Crippen molar-refractivity contribution in [2.24, 2.45) is 0 Å². The predicted molar refractivity (Wildman–Crippen MR) is 125 cm³/mol. The van der Waals surface area contributed by atoms with Gasteiger partial charge in [0.15, 0.2) is 5.11 Å². The quantitative estimate of drug-likeness (QED) is 0.324. The number of hydrogen-bond donors (Lipinski definition) is 1. The second kappa shape index (κ2) is 8.40. The molecule has 0 aliphatic carbocycles. The van der Waals surface area contributed by atoms with E-state index in [1.807, 2.05) is 42.5 Å². The summed E-state index contributed by atoms with van der Waals surface area (Å²) >= 11 is 17.3. The molecule has 1 aliphatic rings. The summed E-state index contributed by atoms with van der Waals surface area (Å²) in [6.07, 6.45) is 1.57. The van der Waals surface area contributed by atoms with Crippen LogP contribution < -0.4 is 10.2 Å². The van der Waals surface area contributed by atoms with Crippen molar-refractivity contribution in [2.75, 3.05) is 4.90 Å². The van der Waals surface area contributed by atoms with E-state index in [9.17, 15) is 9.59 Å². The van der Waals surface area contributed by atoms with Gasteiger partial charge in [-0.2, -0.15) is 0 Å². The highest BCUT2D eigenvalue weighted by Crippen LogP contribution is 2.29. The second-order valence-electron chi connectivity index (χ2n) is 6.53. The van der Waals surface area contributed by atoms with Gasteiger partial charge < -0.3 is 0 Å². The van der Waals surface area contributed by atoms with E-state index in [-0.39, 0.29) is 10.7 Å². The molecule has 148 valence electrons. The molecule has 3 aromatic carbocycles. The maximum atomic E-state index is 13.2. The van der Waals surface area contributed by atoms with Gasteiger partial charge in [0, 0.05) is 10.0 Å². The predicted octanol–water partition coefficient (Wildman–Crippen LogP) is 5.49. The van der Waals surface area contributed by atoms with Crippen LogP contribution in [0.4, 0.5) is 5.69 Å². The molecule has 7 heteroatoms. The van der Waals surface area contributed by atoms with Gasteiger partial charge in [0.05, 0.1) is 5.69 Å². The molecule has 0 radical (unpaired) electrons. The Bertz CT molecular complexity index is 1210. The van der Waals surface area contributed by atoms with E-state index in [0.29, 0.717) is 21.3 Å². The molecular formula is C23H14Cl2N2O2S. The van der Waals surface area contributed by atoms with Crippen LogP contribution >= 0.6 is 35.4 Å². The van der Waals surface area contributed by atoms with Crippen molar-refractivity contribution in [1.29, 1.82) is 0 Å². The Morgan fingerprint density at radius 3 is 2.33 bits per heavy atom. The highest BCUT2D eigenvalue weighted by atomic mass is 35.5. The minimum absolute atomic E-state index is 0.0203. The number of benzene rings is 3. The molecule has 1 aliphatic heterocycles. The number of carbonyl (C=O) groups excluding carboxylic acids is 2. The van der Waals surface area contributed by atoms with E-state index in [1.54, 1.807) is 36.4 Å². The summed E-state index contributed by atoms with van der Waals surface area (Å²) < 4.78 is 0. The van der Waals surface area contributed by atoms with Crippen LogP contribution in [-0.4, -0.2) is 16.9 Å². The first kappa shape index (κ1) is 20.3. The van der Waals surface area contributed by atoms with E-state index >= 15 is 0 Å². The van der Waals surface area contributed by atoms with E-state index in [2.05, 4.69) is 5.32 Å². The van der Waals surface area contributed by atoms with Crippen molar-refractivity contribution in [3.05, 3.63) is 94.0 Å². The first-order valence-corrected chi connectivity index (χ1v) is 10.1.